The van der Waals surface area contributed by atoms with Crippen molar-refractivity contribution < 1.29 is 14.4 Å². The van der Waals surface area contributed by atoms with Crippen molar-refractivity contribution in [2.75, 3.05) is 18.0 Å². The van der Waals surface area contributed by atoms with Gasteiger partial charge in [-0.1, -0.05) is 55.5 Å². The number of aryl methyl sites for hydroxylation is 1. The highest BCUT2D eigenvalue weighted by Crippen LogP contribution is 2.37. The number of nitrogens with zero attached hydrogens (tertiary/aromatic N) is 2. The molecule has 0 aliphatic carbocycles. The Morgan fingerprint density at radius 3 is 2.46 bits per heavy atom. The van der Waals surface area contributed by atoms with Crippen molar-refractivity contribution in [3.8, 4) is 0 Å². The van der Waals surface area contributed by atoms with E-state index in [1.165, 1.54) is 0 Å². The third kappa shape index (κ3) is 4.92. The Morgan fingerprint density at radius 1 is 1.00 bits per heavy atom. The fraction of sp³-hybridized carbons (Fsp3) is 0.345. The van der Waals surface area contributed by atoms with E-state index in [0.717, 1.165) is 27.6 Å². The summed E-state index contributed by atoms with van der Waals surface area (Å²) in [5.41, 5.74) is 3.74. The molecule has 0 fully saturated rings. The Bertz CT molecular complexity index is 1250. The van der Waals surface area contributed by atoms with Crippen LogP contribution in [0.1, 0.15) is 54.6 Å². The Kier molecular flexibility index (Phi) is 7.49. The Hall–Kier alpha value is -3.67. The average molecular weight is 472 g/mol. The highest BCUT2D eigenvalue weighted by Gasteiger charge is 2.31. The smallest absolute Gasteiger partial charge is 0.258 e. The van der Waals surface area contributed by atoms with Gasteiger partial charge in [0.25, 0.3) is 5.91 Å². The third-order valence-corrected chi connectivity index (χ3v) is 6.76. The van der Waals surface area contributed by atoms with Crippen LogP contribution in [-0.2, 0) is 16.1 Å². The molecule has 3 aromatic rings. The quantitative estimate of drug-likeness (QED) is 0.460. The van der Waals surface area contributed by atoms with Crippen LogP contribution in [0.4, 0.5) is 5.69 Å². The SMILES string of the molecule is CCNC(=O)[C@@H](CC)N(Cc1ccccc1C)C(=O)CCCN1C(=O)c2cccc3cccc1c23. The maximum absolute atomic E-state index is 13.5. The number of carbonyl (C=O) groups is 3. The van der Waals surface area contributed by atoms with Crippen LogP contribution < -0.4 is 10.2 Å². The van der Waals surface area contributed by atoms with Crippen LogP contribution in [0.5, 0.6) is 0 Å². The van der Waals surface area contributed by atoms with Crippen molar-refractivity contribution in [1.29, 1.82) is 0 Å². The van der Waals surface area contributed by atoms with Crippen LogP contribution in [0.15, 0.2) is 60.7 Å². The summed E-state index contributed by atoms with van der Waals surface area (Å²) in [6, 6.07) is 19.1. The summed E-state index contributed by atoms with van der Waals surface area (Å²) < 4.78 is 0. The molecule has 6 heteroatoms. The monoisotopic (exact) mass is 471 g/mol. The maximum atomic E-state index is 13.5. The van der Waals surface area contributed by atoms with Crippen LogP contribution in [0, 0.1) is 6.92 Å². The molecule has 0 saturated carbocycles. The number of amides is 3. The van der Waals surface area contributed by atoms with Crippen molar-refractivity contribution in [1.82, 2.24) is 10.2 Å². The average Bonchev–Trinajstić information content (AvgIpc) is 3.13. The lowest BCUT2D eigenvalue weighted by atomic mass is 10.1. The van der Waals surface area contributed by atoms with Gasteiger partial charge in [0.1, 0.15) is 6.04 Å². The number of hydrogen-bond acceptors (Lipinski definition) is 3. The van der Waals surface area contributed by atoms with Crippen molar-refractivity contribution in [3.63, 3.8) is 0 Å². The predicted molar refractivity (Wildman–Crippen MR) is 139 cm³/mol. The summed E-state index contributed by atoms with van der Waals surface area (Å²) >= 11 is 0. The fourth-order valence-corrected chi connectivity index (χ4v) is 4.92. The first-order chi connectivity index (χ1) is 17.0. The minimum Gasteiger partial charge on any atom is -0.355 e. The van der Waals surface area contributed by atoms with Gasteiger partial charge in [-0.15, -0.1) is 0 Å². The van der Waals surface area contributed by atoms with Crippen LogP contribution in [0.3, 0.4) is 0 Å². The number of hydrogen-bond donors (Lipinski definition) is 1. The third-order valence-electron chi connectivity index (χ3n) is 6.76. The fourth-order valence-electron chi connectivity index (χ4n) is 4.92. The van der Waals surface area contributed by atoms with Gasteiger partial charge >= 0.3 is 0 Å². The number of anilines is 1. The van der Waals surface area contributed by atoms with Crippen molar-refractivity contribution in [2.45, 2.75) is 52.6 Å². The first-order valence-corrected chi connectivity index (χ1v) is 12.4. The molecule has 1 atom stereocenters. The second-order valence-corrected chi connectivity index (χ2v) is 9.01. The molecule has 1 heterocycles. The van der Waals surface area contributed by atoms with Crippen LogP contribution in [-0.4, -0.2) is 41.8 Å². The van der Waals surface area contributed by atoms with E-state index in [-0.39, 0.29) is 24.1 Å². The summed E-state index contributed by atoms with van der Waals surface area (Å²) in [5, 5.41) is 4.90. The molecule has 4 rings (SSSR count). The van der Waals surface area contributed by atoms with Gasteiger partial charge in [-0.25, -0.2) is 0 Å². The Labute approximate surface area is 206 Å². The standard InChI is InChI=1S/C29H33N3O3/c1-4-24(28(34)30-5-2)32(19-22-12-7-6-11-20(22)3)26(33)17-10-18-31-25-16-9-14-21-13-8-15-23(27(21)25)29(31)35/h6-9,11-16,24H,4-5,10,17-19H2,1-3H3,(H,30,34)/t24-/m1/s1. The normalized spacial score (nSPS) is 13.2. The highest BCUT2D eigenvalue weighted by molar-refractivity contribution is 6.25. The molecule has 0 unspecified atom stereocenters. The van der Waals surface area contributed by atoms with Crippen molar-refractivity contribution >= 4 is 34.2 Å². The number of benzene rings is 3. The lowest BCUT2D eigenvalue weighted by Crippen LogP contribution is -2.49. The Morgan fingerprint density at radius 2 is 1.74 bits per heavy atom. The van der Waals surface area contributed by atoms with E-state index in [1.54, 1.807) is 9.80 Å². The summed E-state index contributed by atoms with van der Waals surface area (Å²) in [5.74, 6) is -0.225. The first kappa shape index (κ1) is 24.5. The van der Waals surface area contributed by atoms with Gasteiger partial charge in [-0.2, -0.15) is 0 Å². The molecular weight excluding hydrogens is 438 g/mol. The minimum absolute atomic E-state index is 0.0187. The second-order valence-electron chi connectivity index (χ2n) is 9.01. The molecular formula is C29H33N3O3. The highest BCUT2D eigenvalue weighted by atomic mass is 16.2. The topological polar surface area (TPSA) is 69.7 Å². The zero-order valence-electron chi connectivity index (χ0n) is 20.7. The van der Waals surface area contributed by atoms with Gasteiger partial charge < -0.3 is 15.1 Å². The van der Waals surface area contributed by atoms with Gasteiger partial charge in [0.15, 0.2) is 0 Å². The minimum atomic E-state index is -0.534. The van der Waals surface area contributed by atoms with E-state index in [4.69, 9.17) is 0 Å². The number of nitrogens with one attached hydrogen (secondary N) is 1. The summed E-state index contributed by atoms with van der Waals surface area (Å²) in [7, 11) is 0. The summed E-state index contributed by atoms with van der Waals surface area (Å²) in [6.07, 6.45) is 1.31. The molecule has 0 saturated heterocycles. The van der Waals surface area contributed by atoms with Gasteiger partial charge in [0.2, 0.25) is 11.8 Å². The van der Waals surface area contributed by atoms with Gasteiger partial charge in [0, 0.05) is 37.0 Å². The largest absolute Gasteiger partial charge is 0.355 e. The van der Waals surface area contributed by atoms with E-state index < -0.39 is 6.04 Å². The molecule has 35 heavy (non-hydrogen) atoms. The van der Waals surface area contributed by atoms with Crippen LogP contribution in [0.2, 0.25) is 0 Å². The van der Waals surface area contributed by atoms with Gasteiger partial charge in [-0.05, 0) is 55.3 Å². The predicted octanol–water partition coefficient (Wildman–Crippen LogP) is 4.83. The molecule has 0 aromatic heterocycles. The van der Waals surface area contributed by atoms with Crippen molar-refractivity contribution in [2.24, 2.45) is 0 Å². The maximum Gasteiger partial charge on any atom is 0.258 e. The molecule has 0 bridgehead atoms. The van der Waals surface area contributed by atoms with Crippen LogP contribution >= 0.6 is 0 Å². The molecule has 1 aliphatic heterocycles. The molecule has 1 aliphatic rings. The molecule has 1 N–H and O–H groups in total. The number of carbonyl (C=O) groups excluding carboxylic acids is 3. The second kappa shape index (κ2) is 10.7. The molecule has 0 spiro atoms. The van der Waals surface area contributed by atoms with Gasteiger partial charge in [-0.3, -0.25) is 14.4 Å². The van der Waals surface area contributed by atoms with E-state index >= 15 is 0 Å². The zero-order chi connectivity index (χ0) is 24.9. The summed E-state index contributed by atoms with van der Waals surface area (Å²) in [4.78, 5) is 42.8. The first-order valence-electron chi connectivity index (χ1n) is 12.4. The molecule has 182 valence electrons. The molecule has 6 nitrogen and oxygen atoms in total. The van der Waals surface area contributed by atoms with Gasteiger partial charge in [0.05, 0.1) is 5.69 Å². The summed E-state index contributed by atoms with van der Waals surface area (Å²) in [6.45, 7) is 7.18. The molecule has 0 radical (unpaired) electrons. The molecule has 3 aromatic carbocycles. The van der Waals surface area contributed by atoms with E-state index in [0.29, 0.717) is 38.0 Å². The van der Waals surface area contributed by atoms with E-state index in [1.807, 2.05) is 81.4 Å². The number of rotatable bonds is 10. The molecule has 3 amide bonds. The van der Waals surface area contributed by atoms with E-state index in [9.17, 15) is 14.4 Å². The van der Waals surface area contributed by atoms with Crippen LogP contribution in [0.25, 0.3) is 10.8 Å². The lowest BCUT2D eigenvalue weighted by Gasteiger charge is -2.31. The number of likely N-dealkylation sites (N-methyl/N-ethyl adjacent to an activating group) is 1. The zero-order valence-corrected chi connectivity index (χ0v) is 20.7. The lowest BCUT2D eigenvalue weighted by molar-refractivity contribution is -0.141. The van der Waals surface area contributed by atoms with E-state index in [2.05, 4.69) is 5.32 Å². The Balaban J connectivity index is 1.49. The van der Waals surface area contributed by atoms with Crippen molar-refractivity contribution in [3.05, 3.63) is 77.4 Å².